The SMILES string of the molecule is C[C@@H](C(=O)N[C@H](C(=O)N1C[C@@H](NC(=O)COCCOCCOCCOCCN2CCN(C/C=C/C(=O)O)CC2)C[C@H]1C(=O)N[C@@H]1CCCc2ccccc21)C1CCCCC1)N(C)C(=O)OC(C)(C)C. The maximum Gasteiger partial charge on any atom is 0.410 e. The first-order valence-corrected chi connectivity index (χ1v) is 25.0. The fraction of sp³-hybridized carbons (Fsp3) is 0.720. The highest BCUT2D eigenvalue weighted by Gasteiger charge is 2.45. The number of carboxylic acid groups (broad SMARTS) is 1. The van der Waals surface area contributed by atoms with Crippen LogP contribution < -0.4 is 16.0 Å². The molecular weight excluding hydrogens is 891 g/mol. The highest BCUT2D eigenvalue weighted by molar-refractivity contribution is 5.94. The number of amides is 5. The van der Waals surface area contributed by atoms with E-state index in [2.05, 4.69) is 31.8 Å². The molecule has 2 heterocycles. The first kappa shape index (κ1) is 55.3. The van der Waals surface area contributed by atoms with Crippen molar-refractivity contribution in [3.63, 3.8) is 0 Å². The molecule has 0 spiro atoms. The second-order valence-electron chi connectivity index (χ2n) is 19.6. The molecule has 19 nitrogen and oxygen atoms in total. The van der Waals surface area contributed by atoms with Crippen LogP contribution in [0.2, 0.25) is 0 Å². The number of hydrogen-bond donors (Lipinski definition) is 4. The van der Waals surface area contributed by atoms with Gasteiger partial charge in [-0.3, -0.25) is 33.9 Å². The van der Waals surface area contributed by atoms with Gasteiger partial charge in [-0.1, -0.05) is 49.6 Å². The maximum atomic E-state index is 14.9. The number of likely N-dealkylation sites (tertiary alicyclic amines) is 1. The van der Waals surface area contributed by atoms with Crippen molar-refractivity contribution in [1.29, 1.82) is 0 Å². The number of nitrogens with one attached hydrogen (secondary N) is 3. The summed E-state index contributed by atoms with van der Waals surface area (Å²) in [4.78, 5) is 87.1. The number of benzene rings is 1. The van der Waals surface area contributed by atoms with Crippen molar-refractivity contribution >= 4 is 35.7 Å². The number of hydrogen-bond acceptors (Lipinski definition) is 13. The molecule has 0 radical (unpaired) electrons. The lowest BCUT2D eigenvalue weighted by atomic mass is 9.83. The predicted molar refractivity (Wildman–Crippen MR) is 257 cm³/mol. The van der Waals surface area contributed by atoms with Crippen molar-refractivity contribution in [2.24, 2.45) is 5.92 Å². The lowest BCUT2D eigenvalue weighted by Crippen LogP contribution is -2.59. The van der Waals surface area contributed by atoms with E-state index in [4.69, 9.17) is 28.8 Å². The summed E-state index contributed by atoms with van der Waals surface area (Å²) < 4.78 is 28.1. The fourth-order valence-corrected chi connectivity index (χ4v) is 9.36. The highest BCUT2D eigenvalue weighted by Crippen LogP contribution is 2.32. The van der Waals surface area contributed by atoms with E-state index in [9.17, 15) is 28.8 Å². The normalized spacial score (nSPS) is 21.3. The van der Waals surface area contributed by atoms with Crippen LogP contribution in [0, 0.1) is 5.92 Å². The van der Waals surface area contributed by atoms with Gasteiger partial charge in [0.1, 0.15) is 30.3 Å². The van der Waals surface area contributed by atoms with Crippen molar-refractivity contribution in [2.45, 2.75) is 121 Å². The lowest BCUT2D eigenvalue weighted by molar-refractivity contribution is -0.143. The Balaban J connectivity index is 1.06. The number of piperazine rings is 1. The van der Waals surface area contributed by atoms with Gasteiger partial charge in [-0.2, -0.15) is 0 Å². The molecular formula is C50H79N7O12. The molecule has 1 saturated carbocycles. The van der Waals surface area contributed by atoms with Gasteiger partial charge in [0.05, 0.1) is 52.3 Å². The molecule has 69 heavy (non-hydrogen) atoms. The van der Waals surface area contributed by atoms with Gasteiger partial charge in [0, 0.05) is 65.0 Å². The van der Waals surface area contributed by atoms with Gasteiger partial charge in [0.15, 0.2) is 0 Å². The topological polar surface area (TPSA) is 218 Å². The van der Waals surface area contributed by atoms with Crippen LogP contribution >= 0.6 is 0 Å². The number of fused-ring (bicyclic) bond motifs is 1. The van der Waals surface area contributed by atoms with Crippen LogP contribution in [0.5, 0.6) is 0 Å². The summed E-state index contributed by atoms with van der Waals surface area (Å²) in [6.45, 7) is 14.4. The van der Waals surface area contributed by atoms with Crippen LogP contribution in [0.4, 0.5) is 4.79 Å². The number of ether oxygens (including phenoxy) is 5. The minimum Gasteiger partial charge on any atom is -0.478 e. The fourth-order valence-electron chi connectivity index (χ4n) is 9.36. The first-order valence-electron chi connectivity index (χ1n) is 25.0. The number of rotatable bonds is 25. The predicted octanol–water partition coefficient (Wildman–Crippen LogP) is 2.91. The summed E-state index contributed by atoms with van der Waals surface area (Å²) in [6, 6.07) is 4.50. The largest absolute Gasteiger partial charge is 0.478 e. The molecule has 2 saturated heterocycles. The third-order valence-corrected chi connectivity index (χ3v) is 13.3. The molecule has 3 fully saturated rings. The van der Waals surface area contributed by atoms with E-state index in [1.165, 1.54) is 28.5 Å². The van der Waals surface area contributed by atoms with Gasteiger partial charge in [0.2, 0.25) is 23.6 Å². The number of carbonyl (C=O) groups is 6. The van der Waals surface area contributed by atoms with Gasteiger partial charge in [-0.25, -0.2) is 9.59 Å². The van der Waals surface area contributed by atoms with E-state index in [0.717, 1.165) is 89.7 Å². The minimum absolute atomic E-state index is 0.0683. The number of nitrogens with zero attached hydrogens (tertiary/aromatic N) is 4. The van der Waals surface area contributed by atoms with Crippen molar-refractivity contribution in [3.05, 3.63) is 47.5 Å². The molecule has 0 unspecified atom stereocenters. The van der Waals surface area contributed by atoms with Crippen LogP contribution in [0.15, 0.2) is 36.4 Å². The van der Waals surface area contributed by atoms with E-state index < -0.39 is 47.7 Å². The molecule has 5 amide bonds. The third kappa shape index (κ3) is 18.6. The van der Waals surface area contributed by atoms with Gasteiger partial charge in [0.25, 0.3) is 0 Å². The summed E-state index contributed by atoms with van der Waals surface area (Å²) in [5.74, 6) is -2.69. The summed E-state index contributed by atoms with van der Waals surface area (Å²) in [7, 11) is 1.49. The molecule has 5 atom stereocenters. The second kappa shape index (κ2) is 28.3. The molecule has 2 aliphatic carbocycles. The number of aliphatic carboxylic acids is 1. The Bertz CT molecular complexity index is 1850. The van der Waals surface area contributed by atoms with Gasteiger partial charge in [-0.05, 0) is 83.3 Å². The monoisotopic (exact) mass is 970 g/mol. The second-order valence-corrected chi connectivity index (χ2v) is 19.6. The van der Waals surface area contributed by atoms with Gasteiger partial charge < -0.3 is 49.6 Å². The average Bonchev–Trinajstić information content (AvgIpc) is 3.75. The van der Waals surface area contributed by atoms with Crippen molar-refractivity contribution in [3.8, 4) is 0 Å². The molecule has 19 heteroatoms. The zero-order chi connectivity index (χ0) is 49.8. The summed E-state index contributed by atoms with van der Waals surface area (Å²) in [5.41, 5.74) is 1.49. The molecule has 0 bridgehead atoms. The Morgan fingerprint density at radius 2 is 1.46 bits per heavy atom. The minimum atomic E-state index is -0.946. The van der Waals surface area contributed by atoms with Crippen molar-refractivity contribution in [1.82, 2.24) is 35.6 Å². The Kier molecular flexibility index (Phi) is 22.6. The Labute approximate surface area is 408 Å². The zero-order valence-electron chi connectivity index (χ0n) is 41.6. The number of aryl methyl sites for hydroxylation is 1. The summed E-state index contributed by atoms with van der Waals surface area (Å²) in [6.07, 6.45) is 9.25. The van der Waals surface area contributed by atoms with E-state index in [-0.39, 0.29) is 62.5 Å². The van der Waals surface area contributed by atoms with Crippen LogP contribution in [0.1, 0.15) is 96.2 Å². The van der Waals surface area contributed by atoms with E-state index in [1.807, 2.05) is 18.2 Å². The summed E-state index contributed by atoms with van der Waals surface area (Å²) in [5, 5.41) is 18.0. The van der Waals surface area contributed by atoms with Crippen LogP contribution in [-0.4, -0.2) is 196 Å². The van der Waals surface area contributed by atoms with E-state index >= 15 is 0 Å². The van der Waals surface area contributed by atoms with Gasteiger partial charge in [-0.15, -0.1) is 0 Å². The Morgan fingerprint density at radius 1 is 0.826 bits per heavy atom. The molecule has 4 aliphatic rings. The van der Waals surface area contributed by atoms with Crippen molar-refractivity contribution in [2.75, 3.05) is 106 Å². The zero-order valence-corrected chi connectivity index (χ0v) is 41.6. The van der Waals surface area contributed by atoms with Crippen molar-refractivity contribution < 1.29 is 57.6 Å². The molecule has 386 valence electrons. The van der Waals surface area contributed by atoms with Crippen LogP contribution in [0.3, 0.4) is 0 Å². The Morgan fingerprint density at radius 3 is 2.13 bits per heavy atom. The third-order valence-electron chi connectivity index (χ3n) is 13.3. The molecule has 0 aromatic heterocycles. The highest BCUT2D eigenvalue weighted by atomic mass is 16.6. The standard InChI is InChI=1S/C50H79N7O12/c1-36(54(5)49(64)69-50(2,3)4)46(61)53-45(38-14-7-6-8-15-38)48(63)57-34-39(33-42(57)47(62)52-41-18-11-16-37-13-9-10-17-40(37)41)51-43(58)35-68-32-31-67-30-29-66-28-27-65-26-25-56-23-21-55(22-24-56)20-12-19-44(59)60/h9-10,12-13,17,19,36,38-39,41-42,45H,6-8,11,14-16,18,20-35H2,1-5H3,(H,51,58)(H,52,62)(H,53,61)(H,59,60)/b19-12+/t36-,39-,41+,42-,45-/m0/s1. The van der Waals surface area contributed by atoms with Crippen LogP contribution in [-0.2, 0) is 54.1 Å². The summed E-state index contributed by atoms with van der Waals surface area (Å²) >= 11 is 0. The molecule has 5 rings (SSSR count). The molecule has 4 N–H and O–H groups in total. The first-order chi connectivity index (χ1) is 33.1. The lowest BCUT2D eigenvalue weighted by Gasteiger charge is -2.36. The van der Waals surface area contributed by atoms with E-state index in [1.54, 1.807) is 33.8 Å². The molecule has 1 aromatic rings. The van der Waals surface area contributed by atoms with Gasteiger partial charge >= 0.3 is 12.1 Å². The average molecular weight is 970 g/mol. The molecule has 2 aliphatic heterocycles. The van der Waals surface area contributed by atoms with Crippen LogP contribution in [0.25, 0.3) is 0 Å². The Hall–Kier alpha value is -4.66. The smallest absolute Gasteiger partial charge is 0.410 e. The molecule has 1 aromatic carbocycles. The maximum absolute atomic E-state index is 14.9. The quantitative estimate of drug-likeness (QED) is 0.0819. The number of carboxylic acids is 1. The number of likely N-dealkylation sites (N-methyl/N-ethyl adjacent to an activating group) is 1. The van der Waals surface area contributed by atoms with E-state index in [0.29, 0.717) is 39.6 Å². The number of carbonyl (C=O) groups excluding carboxylic acids is 5.